The molecule has 0 atom stereocenters. The van der Waals surface area contributed by atoms with Gasteiger partial charge in [-0.25, -0.2) is 0 Å². The summed E-state index contributed by atoms with van der Waals surface area (Å²) >= 11 is 0. The Labute approximate surface area is 132 Å². The normalized spacial score (nSPS) is 12.3. The molecule has 0 aliphatic rings. The van der Waals surface area contributed by atoms with Gasteiger partial charge in [0.1, 0.15) is 0 Å². The zero-order chi connectivity index (χ0) is 16.6. The van der Waals surface area contributed by atoms with Crippen molar-refractivity contribution in [3.8, 4) is 0 Å². The molecule has 0 heterocycles. The van der Waals surface area contributed by atoms with Crippen molar-refractivity contribution in [2.45, 2.75) is 52.0 Å². The van der Waals surface area contributed by atoms with Crippen LogP contribution in [0.15, 0.2) is 29.4 Å². The molecular weight excluding hydrogens is 280 g/mol. The van der Waals surface area contributed by atoms with Crippen LogP contribution in [0.1, 0.15) is 62.4 Å². The van der Waals surface area contributed by atoms with Gasteiger partial charge in [-0.05, 0) is 50.8 Å². The van der Waals surface area contributed by atoms with Gasteiger partial charge in [-0.15, -0.1) is 0 Å². The predicted molar refractivity (Wildman–Crippen MR) is 87.5 cm³/mol. The average molecular weight is 306 g/mol. The summed E-state index contributed by atoms with van der Waals surface area (Å²) in [5, 5.41) is 24.3. The van der Waals surface area contributed by atoms with Crippen molar-refractivity contribution in [2.75, 3.05) is 6.61 Å². The number of rotatable bonds is 8. The first kappa shape index (κ1) is 18.2. The van der Waals surface area contributed by atoms with E-state index >= 15 is 0 Å². The number of oxime groups is 1. The molecule has 0 saturated heterocycles. The second kappa shape index (κ2) is 8.54. The Balaban J connectivity index is 2.77. The molecule has 0 aromatic heterocycles. The van der Waals surface area contributed by atoms with Crippen molar-refractivity contribution >= 4 is 11.6 Å². The van der Waals surface area contributed by atoms with Gasteiger partial charge in [-0.3, -0.25) is 4.79 Å². The Morgan fingerprint density at radius 2 is 1.82 bits per heavy atom. The second-order valence-corrected chi connectivity index (χ2v) is 6.04. The maximum Gasteiger partial charge on any atom is 0.251 e. The molecule has 1 amide bonds. The smallest absolute Gasteiger partial charge is 0.251 e. The van der Waals surface area contributed by atoms with Crippen LogP contribution in [0.3, 0.4) is 0 Å². The van der Waals surface area contributed by atoms with Crippen molar-refractivity contribution in [3.63, 3.8) is 0 Å². The van der Waals surface area contributed by atoms with Gasteiger partial charge in [0.15, 0.2) is 0 Å². The van der Waals surface area contributed by atoms with Gasteiger partial charge in [0.05, 0.1) is 5.71 Å². The Kier molecular flexibility index (Phi) is 7.05. The minimum Gasteiger partial charge on any atom is -0.411 e. The third-order valence-electron chi connectivity index (χ3n) is 3.56. The highest BCUT2D eigenvalue weighted by molar-refractivity contribution is 6.01. The highest BCUT2D eigenvalue weighted by Gasteiger charge is 2.20. The number of carbonyl (C=O) groups is 1. The lowest BCUT2D eigenvalue weighted by atomic mass is 9.99. The molecule has 22 heavy (non-hydrogen) atoms. The SMILES string of the molecule is CCCC/C(=N/O)c1ccc(C(=O)NC(C)(C)CCO)cc1. The van der Waals surface area contributed by atoms with E-state index in [0.29, 0.717) is 24.1 Å². The molecule has 3 N–H and O–H groups in total. The van der Waals surface area contributed by atoms with E-state index in [9.17, 15) is 4.79 Å². The van der Waals surface area contributed by atoms with Gasteiger partial charge in [-0.2, -0.15) is 0 Å². The van der Waals surface area contributed by atoms with Gasteiger partial charge in [0.25, 0.3) is 5.91 Å². The molecule has 1 aromatic carbocycles. The highest BCUT2D eigenvalue weighted by atomic mass is 16.4. The molecular formula is C17H26N2O3. The number of carbonyl (C=O) groups excluding carboxylic acids is 1. The number of aliphatic hydroxyl groups is 1. The number of aliphatic hydroxyl groups excluding tert-OH is 1. The summed E-state index contributed by atoms with van der Waals surface area (Å²) in [5.41, 5.74) is 1.54. The average Bonchev–Trinajstić information content (AvgIpc) is 2.48. The van der Waals surface area contributed by atoms with E-state index < -0.39 is 5.54 Å². The summed E-state index contributed by atoms with van der Waals surface area (Å²) < 4.78 is 0. The number of hydrogen-bond acceptors (Lipinski definition) is 4. The highest BCUT2D eigenvalue weighted by Crippen LogP contribution is 2.13. The summed E-state index contributed by atoms with van der Waals surface area (Å²) in [6, 6.07) is 7.02. The molecule has 0 saturated carbocycles. The lowest BCUT2D eigenvalue weighted by molar-refractivity contribution is 0.0899. The Morgan fingerprint density at radius 3 is 2.32 bits per heavy atom. The largest absolute Gasteiger partial charge is 0.411 e. The van der Waals surface area contributed by atoms with Crippen LogP contribution in [-0.2, 0) is 0 Å². The minimum atomic E-state index is -0.455. The first-order valence-electron chi connectivity index (χ1n) is 7.68. The predicted octanol–water partition coefficient (Wildman–Crippen LogP) is 2.95. The van der Waals surface area contributed by atoms with Crippen LogP contribution >= 0.6 is 0 Å². The van der Waals surface area contributed by atoms with E-state index in [0.717, 1.165) is 18.4 Å². The van der Waals surface area contributed by atoms with E-state index in [1.165, 1.54) is 0 Å². The van der Waals surface area contributed by atoms with Crippen molar-refractivity contribution in [1.29, 1.82) is 0 Å². The summed E-state index contributed by atoms with van der Waals surface area (Å²) in [6.07, 6.45) is 3.19. The third kappa shape index (κ3) is 5.48. The lowest BCUT2D eigenvalue weighted by Gasteiger charge is -2.25. The molecule has 5 heteroatoms. The fraction of sp³-hybridized carbons (Fsp3) is 0.529. The number of nitrogens with one attached hydrogen (secondary N) is 1. The molecule has 0 bridgehead atoms. The molecule has 0 radical (unpaired) electrons. The number of amides is 1. The first-order chi connectivity index (χ1) is 10.4. The van der Waals surface area contributed by atoms with E-state index in [-0.39, 0.29) is 12.5 Å². The molecule has 122 valence electrons. The fourth-order valence-electron chi connectivity index (χ4n) is 2.13. The quantitative estimate of drug-likeness (QED) is 0.392. The zero-order valence-electron chi connectivity index (χ0n) is 13.6. The van der Waals surface area contributed by atoms with Gasteiger partial charge >= 0.3 is 0 Å². The third-order valence-corrected chi connectivity index (χ3v) is 3.56. The van der Waals surface area contributed by atoms with Gasteiger partial charge in [0, 0.05) is 17.7 Å². The van der Waals surface area contributed by atoms with Crippen molar-refractivity contribution in [1.82, 2.24) is 5.32 Å². The summed E-state index contributed by atoms with van der Waals surface area (Å²) in [6.45, 7) is 5.85. The zero-order valence-corrected chi connectivity index (χ0v) is 13.6. The van der Waals surface area contributed by atoms with Gasteiger partial charge in [-0.1, -0.05) is 30.6 Å². The lowest BCUT2D eigenvalue weighted by Crippen LogP contribution is -2.44. The Morgan fingerprint density at radius 1 is 1.23 bits per heavy atom. The van der Waals surface area contributed by atoms with Crippen LogP contribution in [0.25, 0.3) is 0 Å². The van der Waals surface area contributed by atoms with Crippen molar-refractivity contribution in [3.05, 3.63) is 35.4 Å². The van der Waals surface area contributed by atoms with Gasteiger partial charge < -0.3 is 15.6 Å². The molecule has 0 aliphatic heterocycles. The summed E-state index contributed by atoms with van der Waals surface area (Å²) in [5.74, 6) is -0.180. The van der Waals surface area contributed by atoms with E-state index in [1.807, 2.05) is 13.8 Å². The monoisotopic (exact) mass is 306 g/mol. The molecule has 0 spiro atoms. The van der Waals surface area contributed by atoms with Crippen LogP contribution in [0.4, 0.5) is 0 Å². The maximum atomic E-state index is 12.2. The molecule has 0 fully saturated rings. The molecule has 1 aromatic rings. The van der Waals surface area contributed by atoms with Crippen LogP contribution in [0, 0.1) is 0 Å². The number of hydrogen-bond donors (Lipinski definition) is 3. The Hall–Kier alpha value is -1.88. The van der Waals surface area contributed by atoms with E-state index in [1.54, 1.807) is 24.3 Å². The first-order valence-corrected chi connectivity index (χ1v) is 7.68. The topological polar surface area (TPSA) is 81.9 Å². The minimum absolute atomic E-state index is 0.0277. The summed E-state index contributed by atoms with van der Waals surface area (Å²) in [4.78, 5) is 12.2. The molecule has 1 rings (SSSR count). The number of nitrogens with zero attached hydrogens (tertiary/aromatic N) is 1. The van der Waals surface area contributed by atoms with Crippen LogP contribution in [0.2, 0.25) is 0 Å². The van der Waals surface area contributed by atoms with Crippen LogP contribution in [-0.4, -0.2) is 34.1 Å². The molecule has 0 aliphatic carbocycles. The number of unbranched alkanes of at least 4 members (excludes halogenated alkanes) is 1. The maximum absolute atomic E-state index is 12.2. The fourth-order valence-corrected chi connectivity index (χ4v) is 2.13. The standard InChI is InChI=1S/C17H26N2O3/c1-4-5-6-15(19-22)13-7-9-14(10-8-13)16(21)18-17(2,3)11-12-20/h7-10,20,22H,4-6,11-12H2,1-3H3,(H,18,21)/b19-15-. The van der Waals surface area contributed by atoms with E-state index in [4.69, 9.17) is 10.3 Å². The van der Waals surface area contributed by atoms with Crippen molar-refractivity contribution < 1.29 is 15.1 Å². The second-order valence-electron chi connectivity index (χ2n) is 6.04. The Bertz CT molecular complexity index is 507. The molecule has 0 unspecified atom stereocenters. The van der Waals surface area contributed by atoms with Crippen molar-refractivity contribution in [2.24, 2.45) is 5.16 Å². The number of benzene rings is 1. The van der Waals surface area contributed by atoms with Crippen LogP contribution in [0.5, 0.6) is 0 Å². The van der Waals surface area contributed by atoms with Gasteiger partial charge in [0.2, 0.25) is 0 Å². The van der Waals surface area contributed by atoms with E-state index in [2.05, 4.69) is 17.4 Å². The summed E-state index contributed by atoms with van der Waals surface area (Å²) in [7, 11) is 0. The van der Waals surface area contributed by atoms with Crippen LogP contribution < -0.4 is 5.32 Å². The molecule has 5 nitrogen and oxygen atoms in total.